The van der Waals surface area contributed by atoms with Crippen LogP contribution in [-0.2, 0) is 12.6 Å². The summed E-state index contributed by atoms with van der Waals surface area (Å²) in [7, 11) is 3.63. The monoisotopic (exact) mass is 219 g/mol. The van der Waals surface area contributed by atoms with Crippen LogP contribution in [0.4, 0.5) is 0 Å². The molecule has 0 radical (unpaired) electrons. The molecule has 4 nitrogen and oxygen atoms in total. The molecule has 1 heterocycles. The van der Waals surface area contributed by atoms with Gasteiger partial charge >= 0.3 is 0 Å². The van der Waals surface area contributed by atoms with Crippen LogP contribution in [0, 0.1) is 0 Å². The summed E-state index contributed by atoms with van der Waals surface area (Å²) in [6.45, 7) is 3.90. The third kappa shape index (κ3) is 1.65. The summed E-state index contributed by atoms with van der Waals surface area (Å²) in [5.41, 5.74) is 7.61. The van der Waals surface area contributed by atoms with Gasteiger partial charge in [0.25, 0.3) is 0 Å². The summed E-state index contributed by atoms with van der Waals surface area (Å²) in [4.78, 5) is 4.54. The van der Waals surface area contributed by atoms with E-state index in [-0.39, 0.29) is 0 Å². The molecule has 2 rings (SSSR count). The first-order valence-corrected chi connectivity index (χ1v) is 5.23. The Balaban J connectivity index is 2.69. The van der Waals surface area contributed by atoms with Crippen LogP contribution >= 0.6 is 0 Å². The molecule has 0 amide bonds. The Morgan fingerprint density at radius 1 is 1.38 bits per heavy atom. The molecule has 0 fully saturated rings. The van der Waals surface area contributed by atoms with E-state index in [4.69, 9.17) is 10.5 Å². The largest absolute Gasteiger partial charge is 0.497 e. The molecule has 0 saturated carbocycles. The van der Waals surface area contributed by atoms with Crippen molar-refractivity contribution in [1.29, 1.82) is 0 Å². The van der Waals surface area contributed by atoms with Gasteiger partial charge in [-0.3, -0.25) is 0 Å². The number of rotatable bonds is 2. The molecule has 0 aliphatic carbocycles. The second-order valence-electron chi connectivity index (χ2n) is 4.57. The molecule has 1 aromatic carbocycles. The molecular weight excluding hydrogens is 202 g/mol. The van der Waals surface area contributed by atoms with E-state index in [9.17, 15) is 0 Å². The van der Waals surface area contributed by atoms with E-state index in [1.54, 1.807) is 7.11 Å². The minimum absolute atomic E-state index is 0.443. The van der Waals surface area contributed by atoms with E-state index in [1.807, 2.05) is 43.7 Å². The zero-order chi connectivity index (χ0) is 11.9. The molecular formula is C12H17N3O. The van der Waals surface area contributed by atoms with Gasteiger partial charge in [0.1, 0.15) is 11.6 Å². The molecule has 0 unspecified atom stereocenters. The van der Waals surface area contributed by atoms with Crippen molar-refractivity contribution in [1.82, 2.24) is 9.55 Å². The van der Waals surface area contributed by atoms with Crippen LogP contribution in [-0.4, -0.2) is 16.7 Å². The number of hydrogen-bond donors (Lipinski definition) is 1. The van der Waals surface area contributed by atoms with E-state index in [0.29, 0.717) is 0 Å². The van der Waals surface area contributed by atoms with E-state index in [1.165, 1.54) is 0 Å². The second kappa shape index (κ2) is 3.49. The fourth-order valence-electron chi connectivity index (χ4n) is 1.87. The van der Waals surface area contributed by atoms with Crippen LogP contribution in [0.25, 0.3) is 11.0 Å². The Morgan fingerprint density at radius 3 is 2.62 bits per heavy atom. The molecule has 0 spiro atoms. The van der Waals surface area contributed by atoms with Crippen LogP contribution in [0.2, 0.25) is 0 Å². The molecule has 0 atom stereocenters. The fourth-order valence-corrected chi connectivity index (χ4v) is 1.87. The van der Waals surface area contributed by atoms with Crippen LogP contribution in [0.3, 0.4) is 0 Å². The lowest BCUT2D eigenvalue weighted by molar-refractivity contribution is 0.415. The maximum absolute atomic E-state index is 6.08. The first-order valence-electron chi connectivity index (χ1n) is 5.23. The number of nitrogens with zero attached hydrogens (tertiary/aromatic N) is 2. The summed E-state index contributed by atoms with van der Waals surface area (Å²) in [5, 5.41) is 0. The molecule has 2 N–H and O–H groups in total. The smallest absolute Gasteiger partial charge is 0.129 e. The molecule has 86 valence electrons. The van der Waals surface area contributed by atoms with E-state index in [0.717, 1.165) is 22.6 Å². The van der Waals surface area contributed by atoms with Gasteiger partial charge in [0.2, 0.25) is 0 Å². The summed E-state index contributed by atoms with van der Waals surface area (Å²) in [6, 6.07) is 5.82. The molecule has 1 aromatic heterocycles. The second-order valence-corrected chi connectivity index (χ2v) is 4.57. The highest BCUT2D eigenvalue weighted by Crippen LogP contribution is 2.24. The average molecular weight is 219 g/mol. The van der Waals surface area contributed by atoms with Gasteiger partial charge in [0.05, 0.1) is 23.7 Å². The summed E-state index contributed by atoms with van der Waals surface area (Å²) in [5.74, 6) is 1.70. The highest BCUT2D eigenvalue weighted by atomic mass is 16.5. The molecule has 0 bridgehead atoms. The van der Waals surface area contributed by atoms with E-state index >= 15 is 0 Å². The molecule has 0 aliphatic heterocycles. The minimum atomic E-state index is -0.443. The number of fused-ring (bicyclic) bond motifs is 1. The lowest BCUT2D eigenvalue weighted by Crippen LogP contribution is -2.32. The normalized spacial score (nSPS) is 12.1. The van der Waals surface area contributed by atoms with Crippen LogP contribution < -0.4 is 10.5 Å². The number of methoxy groups -OCH3 is 1. The van der Waals surface area contributed by atoms with E-state index < -0.39 is 5.54 Å². The maximum atomic E-state index is 6.08. The van der Waals surface area contributed by atoms with Crippen molar-refractivity contribution in [2.75, 3.05) is 7.11 Å². The number of benzene rings is 1. The van der Waals surface area contributed by atoms with Crippen LogP contribution in [0.15, 0.2) is 18.2 Å². The Labute approximate surface area is 95.0 Å². The number of nitrogens with two attached hydrogens (primary N) is 1. The third-order valence-corrected chi connectivity index (χ3v) is 2.66. The van der Waals surface area contributed by atoms with Gasteiger partial charge in [-0.05, 0) is 26.0 Å². The minimum Gasteiger partial charge on any atom is -0.497 e. The number of hydrogen-bond acceptors (Lipinski definition) is 3. The SMILES string of the molecule is COc1ccc2nc(C(C)(C)N)n(C)c2c1. The number of aryl methyl sites for hydroxylation is 1. The predicted molar refractivity (Wildman–Crippen MR) is 64.5 cm³/mol. The Bertz CT molecular complexity index is 523. The first kappa shape index (κ1) is 11.0. The summed E-state index contributed by atoms with van der Waals surface area (Å²) >= 11 is 0. The van der Waals surface area contributed by atoms with Crippen molar-refractivity contribution in [2.24, 2.45) is 12.8 Å². The molecule has 16 heavy (non-hydrogen) atoms. The van der Waals surface area contributed by atoms with Gasteiger partial charge in [-0.2, -0.15) is 0 Å². The standard InChI is InChI=1S/C12H17N3O/c1-12(2,13)11-14-9-6-5-8(16-4)7-10(9)15(11)3/h5-7H,13H2,1-4H3. The van der Waals surface area contributed by atoms with Gasteiger partial charge in [0, 0.05) is 13.1 Å². The van der Waals surface area contributed by atoms with Gasteiger partial charge in [-0.15, -0.1) is 0 Å². The van der Waals surface area contributed by atoms with Crippen molar-refractivity contribution >= 4 is 11.0 Å². The zero-order valence-electron chi connectivity index (χ0n) is 10.1. The Morgan fingerprint density at radius 2 is 2.06 bits per heavy atom. The Kier molecular flexibility index (Phi) is 2.39. The highest BCUT2D eigenvalue weighted by molar-refractivity contribution is 5.78. The quantitative estimate of drug-likeness (QED) is 0.837. The van der Waals surface area contributed by atoms with Gasteiger partial charge in [0.15, 0.2) is 0 Å². The lowest BCUT2D eigenvalue weighted by Gasteiger charge is -2.17. The molecule has 0 aliphatic rings. The Hall–Kier alpha value is -1.55. The fraction of sp³-hybridized carbons (Fsp3) is 0.417. The summed E-state index contributed by atoms with van der Waals surface area (Å²) in [6.07, 6.45) is 0. The number of aromatic nitrogens is 2. The maximum Gasteiger partial charge on any atom is 0.129 e. The lowest BCUT2D eigenvalue weighted by atomic mass is 10.1. The van der Waals surface area contributed by atoms with Crippen molar-refractivity contribution in [3.63, 3.8) is 0 Å². The average Bonchev–Trinajstić information content (AvgIpc) is 2.55. The summed E-state index contributed by atoms with van der Waals surface area (Å²) < 4.78 is 7.21. The molecule has 0 saturated heterocycles. The molecule has 4 heteroatoms. The van der Waals surface area contributed by atoms with Crippen molar-refractivity contribution in [3.8, 4) is 5.75 Å². The van der Waals surface area contributed by atoms with Gasteiger partial charge in [-0.1, -0.05) is 0 Å². The van der Waals surface area contributed by atoms with Crippen LogP contribution in [0.1, 0.15) is 19.7 Å². The number of imidazole rings is 1. The third-order valence-electron chi connectivity index (χ3n) is 2.66. The topological polar surface area (TPSA) is 53.1 Å². The van der Waals surface area contributed by atoms with Gasteiger partial charge in [-0.25, -0.2) is 4.98 Å². The molecule has 2 aromatic rings. The van der Waals surface area contributed by atoms with Crippen molar-refractivity contribution < 1.29 is 4.74 Å². The first-order chi connectivity index (χ1) is 7.43. The van der Waals surface area contributed by atoms with E-state index in [2.05, 4.69) is 4.98 Å². The van der Waals surface area contributed by atoms with Crippen molar-refractivity contribution in [2.45, 2.75) is 19.4 Å². The highest BCUT2D eigenvalue weighted by Gasteiger charge is 2.21. The van der Waals surface area contributed by atoms with Crippen LogP contribution in [0.5, 0.6) is 5.75 Å². The van der Waals surface area contributed by atoms with Gasteiger partial charge < -0.3 is 15.0 Å². The number of ether oxygens (including phenoxy) is 1. The van der Waals surface area contributed by atoms with Crippen molar-refractivity contribution in [3.05, 3.63) is 24.0 Å². The zero-order valence-corrected chi connectivity index (χ0v) is 10.1. The predicted octanol–water partition coefficient (Wildman–Crippen LogP) is 1.78.